The lowest BCUT2D eigenvalue weighted by molar-refractivity contribution is 0.483. The Morgan fingerprint density at radius 3 is 1.26 bits per heavy atom. The first kappa shape index (κ1) is 31.1. The molecule has 0 atom stereocenters. The largest absolute Gasteiger partial charge is 0.457 e. The first-order valence-corrected chi connectivity index (χ1v) is 18.9. The van der Waals surface area contributed by atoms with Crippen molar-refractivity contribution in [1.29, 1.82) is 0 Å². The summed E-state index contributed by atoms with van der Waals surface area (Å²) in [6, 6.07) is 55.0. The maximum absolute atomic E-state index is 8.13. The third-order valence-electron chi connectivity index (χ3n) is 10.3. The third-order valence-corrected chi connectivity index (χ3v) is 10.3. The number of hydrogen-bond donors (Lipinski definition) is 0. The Balaban J connectivity index is 0.851. The third kappa shape index (κ3) is 5.88. The fourth-order valence-electron chi connectivity index (χ4n) is 7.74. The van der Waals surface area contributed by atoms with Crippen LogP contribution >= 0.6 is 0 Å². The predicted molar refractivity (Wildman–Crippen MR) is 230 cm³/mol. The van der Waals surface area contributed by atoms with Gasteiger partial charge in [0.05, 0.1) is 48.6 Å². The van der Waals surface area contributed by atoms with Crippen molar-refractivity contribution in [2.75, 3.05) is 0 Å². The van der Waals surface area contributed by atoms with Gasteiger partial charge in [-0.05, 0) is 84.9 Å². The molecule has 8 nitrogen and oxygen atoms in total. The van der Waals surface area contributed by atoms with E-state index in [1.54, 1.807) is 24.5 Å². The van der Waals surface area contributed by atoms with Gasteiger partial charge in [-0.15, -0.1) is 0 Å². The Bertz CT molecular complexity index is 3210. The lowest BCUT2D eigenvalue weighted by atomic mass is 10.1. The summed E-state index contributed by atoms with van der Waals surface area (Å²) in [5, 5.41) is 4.35. The van der Waals surface area contributed by atoms with Crippen molar-refractivity contribution < 1.29 is 12.2 Å². The van der Waals surface area contributed by atoms with E-state index in [0.29, 0.717) is 46.0 Å². The predicted octanol–water partition coefficient (Wildman–Crippen LogP) is 12.4. The highest BCUT2D eigenvalue weighted by molar-refractivity contribution is 6.10. The lowest BCUT2D eigenvalue weighted by Gasteiger charge is -2.11. The van der Waals surface area contributed by atoms with E-state index in [9.17, 15) is 0 Å². The first-order valence-electron chi connectivity index (χ1n) is 19.9. The van der Waals surface area contributed by atoms with Gasteiger partial charge in [-0.3, -0.25) is 19.1 Å². The van der Waals surface area contributed by atoms with Crippen LogP contribution in [0.1, 0.15) is 2.74 Å². The standard InChI is InChI=1S/C50H32N6O2/c1-3-17-45-39(15-1)41-23-21-37(29-47(41)55(45)49-19-5-7-25-51-49)57-35-13-9-11-33(27-35)43-31-54-44(32-53-43)34-12-10-14-36(28-34)58-38-22-24-42-40-16-2-4-18-46(40)56(48(42)30-38)50-20-6-8-26-52-50/h1-32H/i25D,26D. The van der Waals surface area contributed by atoms with E-state index in [0.717, 1.165) is 54.7 Å². The minimum atomic E-state index is 0.207. The van der Waals surface area contributed by atoms with E-state index in [4.69, 9.17) is 22.2 Å². The molecule has 0 saturated heterocycles. The van der Waals surface area contributed by atoms with Crippen LogP contribution in [0.5, 0.6) is 23.0 Å². The smallest absolute Gasteiger partial charge is 0.137 e. The number of ether oxygens (including phenoxy) is 2. The molecule has 0 aliphatic rings. The fraction of sp³-hybridized carbons (Fsp3) is 0. The summed E-state index contributed by atoms with van der Waals surface area (Å²) >= 11 is 0. The van der Waals surface area contributed by atoms with Crippen molar-refractivity contribution in [2.24, 2.45) is 0 Å². The van der Waals surface area contributed by atoms with Crippen LogP contribution in [0.15, 0.2) is 195 Å². The van der Waals surface area contributed by atoms with Gasteiger partial charge in [0, 0.05) is 57.2 Å². The molecular weight excluding hydrogens is 717 g/mol. The highest BCUT2D eigenvalue weighted by atomic mass is 16.5. The zero-order valence-electron chi connectivity index (χ0n) is 32.8. The number of rotatable bonds is 8. The Kier molecular flexibility index (Phi) is 7.45. The van der Waals surface area contributed by atoms with Gasteiger partial charge in [-0.1, -0.05) is 72.8 Å². The summed E-state index contributed by atoms with van der Waals surface area (Å²) in [6.07, 6.45) is 3.96. The lowest BCUT2D eigenvalue weighted by Crippen LogP contribution is -1.96. The summed E-state index contributed by atoms with van der Waals surface area (Å²) in [4.78, 5) is 18.6. The van der Waals surface area contributed by atoms with Crippen LogP contribution < -0.4 is 9.47 Å². The summed E-state index contributed by atoms with van der Waals surface area (Å²) in [6.45, 7) is 0. The second-order valence-corrected chi connectivity index (χ2v) is 13.9. The van der Waals surface area contributed by atoms with Gasteiger partial charge in [-0.25, -0.2) is 9.97 Å². The van der Waals surface area contributed by atoms with Crippen molar-refractivity contribution in [3.63, 3.8) is 0 Å². The Hall–Kier alpha value is -8.10. The molecule has 0 unspecified atom stereocenters. The molecule has 0 spiro atoms. The maximum Gasteiger partial charge on any atom is 0.137 e. The number of pyridine rings is 2. The molecule has 0 saturated carbocycles. The van der Waals surface area contributed by atoms with Gasteiger partial charge in [0.2, 0.25) is 0 Å². The molecule has 0 fully saturated rings. The van der Waals surface area contributed by atoms with Gasteiger partial charge in [-0.2, -0.15) is 0 Å². The van der Waals surface area contributed by atoms with Crippen LogP contribution in [-0.4, -0.2) is 29.1 Å². The number of hydrogen-bond acceptors (Lipinski definition) is 6. The van der Waals surface area contributed by atoms with E-state index < -0.39 is 0 Å². The number of fused-ring (bicyclic) bond motifs is 6. The zero-order valence-corrected chi connectivity index (χ0v) is 30.8. The average molecular weight is 751 g/mol. The Morgan fingerprint density at radius 2 is 0.793 bits per heavy atom. The first-order chi connectivity index (χ1) is 29.5. The molecule has 11 aromatic rings. The van der Waals surface area contributed by atoms with Crippen molar-refractivity contribution in [3.8, 4) is 57.1 Å². The molecule has 0 bridgehead atoms. The minimum Gasteiger partial charge on any atom is -0.457 e. The normalized spacial score (nSPS) is 11.9. The molecule has 58 heavy (non-hydrogen) atoms. The van der Waals surface area contributed by atoms with Gasteiger partial charge in [0.25, 0.3) is 0 Å². The van der Waals surface area contributed by atoms with Crippen LogP contribution in [0.25, 0.3) is 77.8 Å². The highest BCUT2D eigenvalue weighted by Gasteiger charge is 2.16. The van der Waals surface area contributed by atoms with Crippen LogP contribution in [0.3, 0.4) is 0 Å². The van der Waals surface area contributed by atoms with Gasteiger partial charge < -0.3 is 9.47 Å². The van der Waals surface area contributed by atoms with E-state index >= 15 is 0 Å². The number of para-hydroxylation sites is 2. The zero-order chi connectivity index (χ0) is 40.2. The quantitative estimate of drug-likeness (QED) is 0.154. The molecule has 0 radical (unpaired) electrons. The molecule has 0 N–H and O–H groups in total. The fourth-order valence-corrected chi connectivity index (χ4v) is 7.74. The topological polar surface area (TPSA) is 79.9 Å². The van der Waals surface area contributed by atoms with Crippen molar-refractivity contribution in [1.82, 2.24) is 29.1 Å². The summed E-state index contributed by atoms with van der Waals surface area (Å²) in [5.74, 6) is 4.03. The average Bonchev–Trinajstić information content (AvgIpc) is 3.79. The molecule has 5 aromatic heterocycles. The van der Waals surface area contributed by atoms with Crippen LogP contribution in [0.2, 0.25) is 0 Å². The monoisotopic (exact) mass is 750 g/mol. The molecule has 6 aromatic carbocycles. The summed E-state index contributed by atoms with van der Waals surface area (Å²) in [7, 11) is 0. The van der Waals surface area contributed by atoms with Crippen LogP contribution in [0.4, 0.5) is 0 Å². The minimum absolute atomic E-state index is 0.207. The molecule has 0 aliphatic carbocycles. The number of nitrogens with zero attached hydrogens (tertiary/aromatic N) is 6. The van der Waals surface area contributed by atoms with Crippen molar-refractivity contribution in [2.45, 2.75) is 0 Å². The van der Waals surface area contributed by atoms with Crippen molar-refractivity contribution >= 4 is 43.6 Å². The Labute approximate surface area is 335 Å². The van der Waals surface area contributed by atoms with Gasteiger partial charge in [0.15, 0.2) is 0 Å². The van der Waals surface area contributed by atoms with Crippen LogP contribution in [0, 0.1) is 0 Å². The molecule has 274 valence electrons. The molecule has 5 heterocycles. The van der Waals surface area contributed by atoms with Gasteiger partial charge in [0.1, 0.15) is 34.6 Å². The Morgan fingerprint density at radius 1 is 0.362 bits per heavy atom. The number of aromatic nitrogens is 6. The molecule has 11 rings (SSSR count). The van der Waals surface area contributed by atoms with Gasteiger partial charge >= 0.3 is 0 Å². The molecule has 0 aliphatic heterocycles. The van der Waals surface area contributed by atoms with E-state index in [1.807, 2.05) is 121 Å². The second-order valence-electron chi connectivity index (χ2n) is 13.9. The van der Waals surface area contributed by atoms with E-state index in [-0.39, 0.29) is 12.3 Å². The molecule has 0 amide bonds. The highest BCUT2D eigenvalue weighted by Crippen LogP contribution is 2.37. The second kappa shape index (κ2) is 13.9. The summed E-state index contributed by atoms with van der Waals surface area (Å²) in [5.41, 5.74) is 7.05. The molecule has 8 heteroatoms. The summed E-state index contributed by atoms with van der Waals surface area (Å²) < 4.78 is 33.3. The van der Waals surface area contributed by atoms with Crippen molar-refractivity contribution in [3.05, 3.63) is 195 Å². The molecular formula is C50H32N6O2. The number of benzene rings is 6. The SMILES string of the molecule is [2H]c1cccc(-n2c3ccccc3c3ccc(Oc4cccc(-c5cnc(-c6cccc(Oc7ccc8c9ccccc9n(-c9cccc([2H])n9)c8c7)c6)cn5)c4)cc32)n1. The van der Waals surface area contributed by atoms with E-state index in [1.165, 1.54) is 0 Å². The maximum atomic E-state index is 8.13. The van der Waals surface area contributed by atoms with Crippen LogP contribution in [-0.2, 0) is 0 Å². The van der Waals surface area contributed by atoms with E-state index in [2.05, 4.69) is 55.5 Å².